The van der Waals surface area contributed by atoms with Gasteiger partial charge in [-0.3, -0.25) is 4.79 Å². The van der Waals surface area contributed by atoms with Crippen LogP contribution in [0, 0.1) is 0 Å². The average Bonchev–Trinajstić information content (AvgIpc) is 2.92. The summed E-state index contributed by atoms with van der Waals surface area (Å²) < 4.78 is 11.9. The van der Waals surface area contributed by atoms with Gasteiger partial charge in [0.1, 0.15) is 17.8 Å². The summed E-state index contributed by atoms with van der Waals surface area (Å²) in [6.07, 6.45) is 4.05. The summed E-state index contributed by atoms with van der Waals surface area (Å²) in [6, 6.07) is 17.9. The molecule has 8 heteroatoms. The summed E-state index contributed by atoms with van der Waals surface area (Å²) in [6.45, 7) is 4.94. The molecule has 1 atom stereocenters. The van der Waals surface area contributed by atoms with Crippen LogP contribution >= 0.6 is 0 Å². The Morgan fingerprint density at radius 1 is 1.06 bits per heavy atom. The highest BCUT2D eigenvalue weighted by atomic mass is 16.5. The van der Waals surface area contributed by atoms with Crippen molar-refractivity contribution in [1.29, 1.82) is 0 Å². The Kier molecular flexibility index (Phi) is 5.87. The van der Waals surface area contributed by atoms with Crippen molar-refractivity contribution in [3.63, 3.8) is 0 Å². The number of para-hydroxylation sites is 1. The van der Waals surface area contributed by atoms with Crippen LogP contribution in [0.15, 0.2) is 71.9 Å². The van der Waals surface area contributed by atoms with Crippen molar-refractivity contribution >= 4 is 11.4 Å². The van der Waals surface area contributed by atoms with E-state index in [9.17, 15) is 4.79 Å². The molecule has 2 aromatic heterocycles. The number of anilines is 2. The third-order valence-electron chi connectivity index (χ3n) is 6.68. The van der Waals surface area contributed by atoms with Crippen molar-refractivity contribution < 1.29 is 9.47 Å². The zero-order valence-electron chi connectivity index (χ0n) is 20.0. The number of H-pyrrole nitrogens is 1. The first-order chi connectivity index (χ1) is 17.6. The summed E-state index contributed by atoms with van der Waals surface area (Å²) in [4.78, 5) is 26.1. The first-order valence-corrected chi connectivity index (χ1v) is 12.2. The highest BCUT2D eigenvalue weighted by molar-refractivity contribution is 5.74. The lowest BCUT2D eigenvalue weighted by molar-refractivity contribution is 0.122. The number of ether oxygens (including phenoxy) is 2. The summed E-state index contributed by atoms with van der Waals surface area (Å²) >= 11 is 0. The molecule has 6 rings (SSSR count). The minimum Gasteiger partial charge on any atom is -0.456 e. The smallest absolute Gasteiger partial charge is 0.250 e. The number of aromatic nitrogens is 3. The molecule has 0 saturated carbocycles. The fourth-order valence-corrected chi connectivity index (χ4v) is 4.84. The highest BCUT2D eigenvalue weighted by Gasteiger charge is 2.22. The Morgan fingerprint density at radius 3 is 2.78 bits per heavy atom. The maximum absolute atomic E-state index is 12.6. The molecule has 4 heterocycles. The first-order valence-electron chi connectivity index (χ1n) is 12.2. The molecule has 1 unspecified atom stereocenters. The van der Waals surface area contributed by atoms with Crippen LogP contribution in [-0.4, -0.2) is 41.3 Å². The van der Waals surface area contributed by atoms with Gasteiger partial charge in [-0.25, -0.2) is 9.97 Å². The Morgan fingerprint density at radius 2 is 1.94 bits per heavy atom. The summed E-state index contributed by atoms with van der Waals surface area (Å²) in [5.41, 5.74) is 6.53. The van der Waals surface area contributed by atoms with Gasteiger partial charge in [0, 0.05) is 54.3 Å². The third kappa shape index (κ3) is 4.43. The van der Waals surface area contributed by atoms with Crippen LogP contribution in [0.1, 0.15) is 29.8 Å². The number of hydrogen-bond donors (Lipinski definition) is 2. The Balaban J connectivity index is 1.28. The van der Waals surface area contributed by atoms with E-state index in [1.54, 1.807) is 18.6 Å². The molecular formula is C28H27N5O3. The molecule has 0 amide bonds. The van der Waals surface area contributed by atoms with E-state index >= 15 is 0 Å². The predicted octanol–water partition coefficient (Wildman–Crippen LogP) is 4.54. The quantitative estimate of drug-likeness (QED) is 0.381. The average molecular weight is 482 g/mol. The number of hydrogen-bond acceptors (Lipinski definition) is 7. The standard InChI is InChI=1S/C28H27N5O3/c1-18(24-7-8-29-17-30-24)31-21-5-6-26-20(14-21)13-19-3-2-4-23(28(19)36-26)25-15-22(16-27(34)32-25)33-9-11-35-12-10-33/h2-8,14-18,31H,9-13H2,1H3,(H,32,34). The number of nitrogens with one attached hydrogen (secondary N) is 2. The van der Waals surface area contributed by atoms with Crippen molar-refractivity contribution in [3.8, 4) is 22.8 Å². The van der Waals surface area contributed by atoms with Gasteiger partial charge in [0.05, 0.1) is 30.6 Å². The lowest BCUT2D eigenvalue weighted by Gasteiger charge is -2.29. The van der Waals surface area contributed by atoms with E-state index in [0.29, 0.717) is 13.2 Å². The Hall–Kier alpha value is -4.17. The van der Waals surface area contributed by atoms with Gasteiger partial charge in [-0.2, -0.15) is 0 Å². The van der Waals surface area contributed by atoms with Crippen LogP contribution in [-0.2, 0) is 11.2 Å². The molecule has 2 aliphatic rings. The largest absolute Gasteiger partial charge is 0.456 e. The van der Waals surface area contributed by atoms with E-state index < -0.39 is 0 Å². The van der Waals surface area contributed by atoms with Gasteiger partial charge >= 0.3 is 0 Å². The molecule has 0 bridgehead atoms. The Bertz CT molecular complexity index is 1450. The molecule has 1 saturated heterocycles. The zero-order chi connectivity index (χ0) is 24.5. The summed E-state index contributed by atoms with van der Waals surface area (Å²) in [7, 11) is 0. The van der Waals surface area contributed by atoms with Gasteiger partial charge in [-0.1, -0.05) is 12.1 Å². The molecule has 36 heavy (non-hydrogen) atoms. The number of pyridine rings is 1. The maximum atomic E-state index is 12.6. The number of nitrogens with zero attached hydrogens (tertiary/aromatic N) is 3. The predicted molar refractivity (Wildman–Crippen MR) is 139 cm³/mol. The lowest BCUT2D eigenvalue weighted by atomic mass is 9.96. The summed E-state index contributed by atoms with van der Waals surface area (Å²) in [5, 5.41) is 3.51. The molecule has 0 spiro atoms. The van der Waals surface area contributed by atoms with Crippen LogP contribution in [0.2, 0.25) is 0 Å². The van der Waals surface area contributed by atoms with E-state index in [1.165, 1.54) is 0 Å². The van der Waals surface area contributed by atoms with E-state index in [0.717, 1.165) is 70.5 Å². The van der Waals surface area contributed by atoms with Gasteiger partial charge in [-0.05, 0) is 48.9 Å². The van der Waals surface area contributed by atoms with Crippen molar-refractivity contribution in [2.24, 2.45) is 0 Å². The highest BCUT2D eigenvalue weighted by Crippen LogP contribution is 2.43. The molecule has 0 aliphatic carbocycles. The molecule has 182 valence electrons. The molecule has 4 aromatic rings. The van der Waals surface area contributed by atoms with E-state index in [-0.39, 0.29) is 11.6 Å². The third-order valence-corrected chi connectivity index (χ3v) is 6.68. The van der Waals surface area contributed by atoms with Crippen LogP contribution in [0.3, 0.4) is 0 Å². The molecule has 2 aromatic carbocycles. The van der Waals surface area contributed by atoms with Crippen molar-refractivity contribution in [2.75, 3.05) is 36.5 Å². The van der Waals surface area contributed by atoms with Crippen molar-refractivity contribution in [1.82, 2.24) is 15.0 Å². The minimum absolute atomic E-state index is 0.0463. The Labute approximate surface area is 209 Å². The number of morpholine rings is 1. The second-order valence-electron chi connectivity index (χ2n) is 9.11. The zero-order valence-corrected chi connectivity index (χ0v) is 20.0. The van der Waals surface area contributed by atoms with Crippen LogP contribution < -0.4 is 20.5 Å². The molecule has 2 N–H and O–H groups in total. The van der Waals surface area contributed by atoms with Crippen LogP contribution in [0.4, 0.5) is 11.4 Å². The second kappa shape index (κ2) is 9.47. The first kappa shape index (κ1) is 22.3. The van der Waals surface area contributed by atoms with Gasteiger partial charge in [0.2, 0.25) is 5.56 Å². The monoisotopic (exact) mass is 481 g/mol. The lowest BCUT2D eigenvalue weighted by Crippen LogP contribution is -2.36. The van der Waals surface area contributed by atoms with Gasteiger partial charge < -0.3 is 24.7 Å². The van der Waals surface area contributed by atoms with Crippen molar-refractivity contribution in [2.45, 2.75) is 19.4 Å². The molecule has 0 radical (unpaired) electrons. The number of fused-ring (bicyclic) bond motifs is 2. The van der Waals surface area contributed by atoms with E-state index in [2.05, 4.69) is 44.2 Å². The van der Waals surface area contributed by atoms with Crippen LogP contribution in [0.5, 0.6) is 11.5 Å². The second-order valence-corrected chi connectivity index (χ2v) is 9.11. The van der Waals surface area contributed by atoms with E-state index in [1.807, 2.05) is 36.4 Å². The van der Waals surface area contributed by atoms with Crippen molar-refractivity contribution in [3.05, 3.63) is 94.3 Å². The fraction of sp³-hybridized carbons (Fsp3) is 0.250. The van der Waals surface area contributed by atoms with E-state index in [4.69, 9.17) is 9.47 Å². The minimum atomic E-state index is -0.128. The summed E-state index contributed by atoms with van der Waals surface area (Å²) in [5.74, 6) is 1.61. The topological polar surface area (TPSA) is 92.4 Å². The number of benzene rings is 2. The van der Waals surface area contributed by atoms with Crippen LogP contribution in [0.25, 0.3) is 11.3 Å². The number of rotatable bonds is 5. The molecule has 2 aliphatic heterocycles. The SMILES string of the molecule is CC(Nc1ccc2c(c1)Cc1cccc(-c3cc(N4CCOCC4)cc(=O)[nH]3)c1O2)c1ccncn1. The molecule has 1 fully saturated rings. The maximum Gasteiger partial charge on any atom is 0.250 e. The van der Waals surface area contributed by atoms with Gasteiger partial charge in [-0.15, -0.1) is 0 Å². The van der Waals surface area contributed by atoms with Gasteiger partial charge in [0.15, 0.2) is 0 Å². The van der Waals surface area contributed by atoms with Gasteiger partial charge in [0.25, 0.3) is 0 Å². The normalized spacial score (nSPS) is 15.4. The number of aromatic amines is 1. The fourth-order valence-electron chi connectivity index (χ4n) is 4.84. The molecular weight excluding hydrogens is 454 g/mol. The molecule has 8 nitrogen and oxygen atoms in total.